The van der Waals surface area contributed by atoms with Crippen LogP contribution >= 0.6 is 0 Å². The second-order valence-corrected chi connectivity index (χ2v) is 5.94. The number of carboxylic acids is 1. The number of rotatable bonds is 5. The molecule has 1 fully saturated rings. The SMILES string of the molecule is CC1(Cn2cc(C(=O)Nc3ccc(C(=O)O)cc3)nn2)COC1. The zero-order valence-corrected chi connectivity index (χ0v) is 12.5. The summed E-state index contributed by atoms with van der Waals surface area (Å²) in [5.41, 5.74) is 0.892. The highest BCUT2D eigenvalue weighted by atomic mass is 16.5. The lowest BCUT2D eigenvalue weighted by Gasteiger charge is -2.37. The minimum absolute atomic E-state index is 0.0358. The molecule has 0 unspecified atom stereocenters. The second-order valence-electron chi connectivity index (χ2n) is 5.94. The molecule has 0 saturated carbocycles. The van der Waals surface area contributed by atoms with E-state index in [4.69, 9.17) is 9.84 Å². The molecule has 2 N–H and O–H groups in total. The van der Waals surface area contributed by atoms with Gasteiger partial charge in [-0.1, -0.05) is 12.1 Å². The van der Waals surface area contributed by atoms with Crippen LogP contribution in [-0.2, 0) is 11.3 Å². The van der Waals surface area contributed by atoms with E-state index in [9.17, 15) is 9.59 Å². The summed E-state index contributed by atoms with van der Waals surface area (Å²) in [7, 11) is 0. The Hall–Kier alpha value is -2.74. The number of nitrogens with one attached hydrogen (secondary N) is 1. The van der Waals surface area contributed by atoms with Crippen LogP contribution in [-0.4, -0.2) is 45.2 Å². The van der Waals surface area contributed by atoms with Crippen LogP contribution in [0, 0.1) is 5.41 Å². The quantitative estimate of drug-likeness (QED) is 0.860. The van der Waals surface area contributed by atoms with Gasteiger partial charge in [-0.2, -0.15) is 0 Å². The number of hydrogen-bond donors (Lipinski definition) is 2. The topological polar surface area (TPSA) is 106 Å². The first-order valence-corrected chi connectivity index (χ1v) is 7.08. The number of anilines is 1. The van der Waals surface area contributed by atoms with Crippen molar-refractivity contribution < 1.29 is 19.4 Å². The summed E-state index contributed by atoms with van der Waals surface area (Å²) in [6, 6.07) is 5.90. The number of hydrogen-bond acceptors (Lipinski definition) is 5. The number of nitrogens with zero attached hydrogens (tertiary/aromatic N) is 3. The van der Waals surface area contributed by atoms with Crippen LogP contribution < -0.4 is 5.32 Å². The minimum atomic E-state index is -1.01. The van der Waals surface area contributed by atoms with Crippen LogP contribution in [0.15, 0.2) is 30.5 Å². The van der Waals surface area contributed by atoms with Gasteiger partial charge < -0.3 is 15.2 Å². The summed E-state index contributed by atoms with van der Waals surface area (Å²) in [5.74, 6) is -1.41. The molecule has 0 radical (unpaired) electrons. The Morgan fingerprint density at radius 3 is 2.61 bits per heavy atom. The zero-order chi connectivity index (χ0) is 16.4. The van der Waals surface area contributed by atoms with E-state index in [1.165, 1.54) is 24.3 Å². The molecule has 3 rings (SSSR count). The van der Waals surface area contributed by atoms with Gasteiger partial charge in [-0.15, -0.1) is 5.10 Å². The molecule has 1 amide bonds. The van der Waals surface area contributed by atoms with Crippen molar-refractivity contribution >= 4 is 17.6 Å². The molecule has 120 valence electrons. The van der Waals surface area contributed by atoms with E-state index in [0.717, 1.165) is 0 Å². The summed E-state index contributed by atoms with van der Waals surface area (Å²) in [6.45, 7) is 4.07. The lowest BCUT2D eigenvalue weighted by molar-refractivity contribution is -0.111. The highest BCUT2D eigenvalue weighted by molar-refractivity contribution is 6.02. The average Bonchev–Trinajstić information content (AvgIpc) is 2.94. The maximum absolute atomic E-state index is 12.1. The van der Waals surface area contributed by atoms with Crippen molar-refractivity contribution in [1.29, 1.82) is 0 Å². The maximum Gasteiger partial charge on any atom is 0.335 e. The smallest absolute Gasteiger partial charge is 0.335 e. The monoisotopic (exact) mass is 316 g/mol. The summed E-state index contributed by atoms with van der Waals surface area (Å²) < 4.78 is 6.82. The molecule has 2 aromatic rings. The molecule has 0 spiro atoms. The number of carbonyl (C=O) groups excluding carboxylic acids is 1. The Balaban J connectivity index is 1.64. The molecule has 1 aliphatic rings. The fraction of sp³-hybridized carbons (Fsp3) is 0.333. The molecule has 2 heterocycles. The number of ether oxygens (including phenoxy) is 1. The van der Waals surface area contributed by atoms with Gasteiger partial charge in [-0.05, 0) is 24.3 Å². The Bertz CT molecular complexity index is 734. The molecule has 0 atom stereocenters. The molecule has 1 aliphatic heterocycles. The van der Waals surface area contributed by atoms with Crippen molar-refractivity contribution in [3.05, 3.63) is 41.7 Å². The molecule has 0 bridgehead atoms. The van der Waals surface area contributed by atoms with Gasteiger partial charge in [-0.3, -0.25) is 9.48 Å². The Labute approximate surface area is 132 Å². The first-order valence-electron chi connectivity index (χ1n) is 7.08. The molecule has 8 nitrogen and oxygen atoms in total. The standard InChI is InChI=1S/C15H16N4O4/c1-15(8-23-9-15)7-19-6-12(17-18-19)13(20)16-11-4-2-10(3-5-11)14(21)22/h2-6H,7-9H2,1H3,(H,16,20)(H,21,22). The van der Waals surface area contributed by atoms with Gasteiger partial charge >= 0.3 is 5.97 Å². The fourth-order valence-corrected chi connectivity index (χ4v) is 2.30. The van der Waals surface area contributed by atoms with Crippen LogP contribution in [0.25, 0.3) is 0 Å². The molecule has 1 aromatic heterocycles. The van der Waals surface area contributed by atoms with Crippen LogP contribution in [0.5, 0.6) is 0 Å². The third-order valence-electron chi connectivity index (χ3n) is 3.61. The van der Waals surface area contributed by atoms with E-state index in [0.29, 0.717) is 25.4 Å². The highest BCUT2D eigenvalue weighted by Crippen LogP contribution is 2.28. The van der Waals surface area contributed by atoms with Crippen molar-refractivity contribution in [2.75, 3.05) is 18.5 Å². The van der Waals surface area contributed by atoms with E-state index in [1.54, 1.807) is 10.9 Å². The van der Waals surface area contributed by atoms with E-state index >= 15 is 0 Å². The number of aromatic nitrogens is 3. The highest BCUT2D eigenvalue weighted by Gasteiger charge is 2.34. The molecule has 1 aromatic carbocycles. The fourth-order valence-electron chi connectivity index (χ4n) is 2.30. The first kappa shape index (κ1) is 15.2. The third kappa shape index (κ3) is 3.37. The van der Waals surface area contributed by atoms with E-state index in [-0.39, 0.29) is 16.7 Å². The lowest BCUT2D eigenvalue weighted by Crippen LogP contribution is -2.43. The van der Waals surface area contributed by atoms with Crippen molar-refractivity contribution in [2.45, 2.75) is 13.5 Å². The van der Waals surface area contributed by atoms with Gasteiger partial charge in [0.15, 0.2) is 5.69 Å². The van der Waals surface area contributed by atoms with Crippen LogP contribution in [0.3, 0.4) is 0 Å². The van der Waals surface area contributed by atoms with Crippen LogP contribution in [0.2, 0.25) is 0 Å². The van der Waals surface area contributed by atoms with Gasteiger partial charge in [0, 0.05) is 11.1 Å². The molecule has 8 heteroatoms. The van der Waals surface area contributed by atoms with Crippen molar-refractivity contribution in [2.24, 2.45) is 5.41 Å². The van der Waals surface area contributed by atoms with Gasteiger partial charge in [-0.25, -0.2) is 4.79 Å². The molecule has 0 aliphatic carbocycles. The normalized spacial score (nSPS) is 15.7. The van der Waals surface area contributed by atoms with Crippen molar-refractivity contribution in [3.8, 4) is 0 Å². The number of benzene rings is 1. The second kappa shape index (κ2) is 5.81. The number of amides is 1. The summed E-state index contributed by atoms with van der Waals surface area (Å²) >= 11 is 0. The predicted molar refractivity (Wildman–Crippen MR) is 80.3 cm³/mol. The Kier molecular flexibility index (Phi) is 3.83. The summed E-state index contributed by atoms with van der Waals surface area (Å²) in [5, 5.41) is 19.3. The van der Waals surface area contributed by atoms with E-state index < -0.39 is 11.9 Å². The Morgan fingerprint density at radius 2 is 2.04 bits per heavy atom. The molecule has 23 heavy (non-hydrogen) atoms. The molecular formula is C15H16N4O4. The predicted octanol–water partition coefficient (Wildman–Crippen LogP) is 1.27. The minimum Gasteiger partial charge on any atom is -0.478 e. The average molecular weight is 316 g/mol. The van der Waals surface area contributed by atoms with Crippen LogP contribution in [0.1, 0.15) is 27.8 Å². The van der Waals surface area contributed by atoms with Crippen LogP contribution in [0.4, 0.5) is 5.69 Å². The van der Waals surface area contributed by atoms with Gasteiger partial charge in [0.1, 0.15) is 0 Å². The maximum atomic E-state index is 12.1. The molecular weight excluding hydrogens is 300 g/mol. The van der Waals surface area contributed by atoms with Crippen molar-refractivity contribution in [1.82, 2.24) is 15.0 Å². The number of carbonyl (C=O) groups is 2. The lowest BCUT2D eigenvalue weighted by atomic mass is 9.89. The van der Waals surface area contributed by atoms with Gasteiger partial charge in [0.25, 0.3) is 5.91 Å². The summed E-state index contributed by atoms with van der Waals surface area (Å²) in [6.07, 6.45) is 1.59. The first-order chi connectivity index (χ1) is 11.0. The zero-order valence-electron chi connectivity index (χ0n) is 12.5. The van der Waals surface area contributed by atoms with Gasteiger partial charge in [0.2, 0.25) is 0 Å². The van der Waals surface area contributed by atoms with Gasteiger partial charge in [0.05, 0.1) is 31.5 Å². The van der Waals surface area contributed by atoms with E-state index in [2.05, 4.69) is 22.6 Å². The van der Waals surface area contributed by atoms with Crippen molar-refractivity contribution in [3.63, 3.8) is 0 Å². The Morgan fingerprint density at radius 1 is 1.35 bits per heavy atom. The van der Waals surface area contributed by atoms with E-state index in [1.807, 2.05) is 0 Å². The summed E-state index contributed by atoms with van der Waals surface area (Å²) in [4.78, 5) is 22.9. The largest absolute Gasteiger partial charge is 0.478 e. The molecule has 1 saturated heterocycles. The third-order valence-corrected chi connectivity index (χ3v) is 3.61. The number of carboxylic acid groups (broad SMARTS) is 1. The number of aromatic carboxylic acids is 1.